The molecule has 8 heteroatoms. The Morgan fingerprint density at radius 3 is 3.04 bits per heavy atom. The molecule has 2 heterocycles. The number of carbonyl (C=O) groups excluding carboxylic acids is 2. The van der Waals surface area contributed by atoms with Gasteiger partial charge in [-0.1, -0.05) is 0 Å². The van der Waals surface area contributed by atoms with Gasteiger partial charge >= 0.3 is 6.03 Å². The summed E-state index contributed by atoms with van der Waals surface area (Å²) in [6, 6.07) is 5.61. The number of nitrogens with zero attached hydrogens (tertiary/aromatic N) is 2. The number of benzene rings is 1. The van der Waals surface area contributed by atoms with Gasteiger partial charge in [-0.3, -0.25) is 4.79 Å². The molecule has 1 aromatic heterocycles. The number of nitrogens with one attached hydrogen (secondary N) is 3. The monoisotopic (exact) mass is 345 g/mol. The quantitative estimate of drug-likeness (QED) is 0.754. The van der Waals surface area contributed by atoms with Crippen molar-refractivity contribution in [3.05, 3.63) is 24.0 Å². The molecule has 0 saturated carbocycles. The number of urea groups is 1. The lowest BCUT2D eigenvalue weighted by atomic mass is 10.3. The van der Waals surface area contributed by atoms with E-state index in [0.717, 1.165) is 29.0 Å². The number of carbonyl (C=O) groups is 2. The van der Waals surface area contributed by atoms with Crippen LogP contribution in [0.15, 0.2) is 18.2 Å². The molecule has 1 atom stereocenters. The lowest BCUT2D eigenvalue weighted by molar-refractivity contribution is -0.119. The van der Waals surface area contributed by atoms with Crippen LogP contribution in [0.25, 0.3) is 11.0 Å². The maximum atomic E-state index is 12.2. The molecule has 3 amide bonds. The minimum absolute atomic E-state index is 0.0496. The highest BCUT2D eigenvalue weighted by atomic mass is 16.5. The van der Waals surface area contributed by atoms with Crippen LogP contribution in [0.5, 0.6) is 5.75 Å². The Kier molecular flexibility index (Phi) is 5.06. The predicted molar refractivity (Wildman–Crippen MR) is 93.5 cm³/mol. The first-order valence-corrected chi connectivity index (χ1v) is 8.37. The second-order valence-corrected chi connectivity index (χ2v) is 6.18. The van der Waals surface area contributed by atoms with Crippen molar-refractivity contribution in [1.82, 2.24) is 25.5 Å². The summed E-state index contributed by atoms with van der Waals surface area (Å²) in [4.78, 5) is 32.7. The highest BCUT2D eigenvalue weighted by Crippen LogP contribution is 2.18. The molecule has 2 aromatic rings. The maximum absolute atomic E-state index is 12.2. The minimum atomic E-state index is -0.106. The van der Waals surface area contributed by atoms with Crippen molar-refractivity contribution < 1.29 is 14.3 Å². The summed E-state index contributed by atoms with van der Waals surface area (Å²) in [5.74, 6) is 1.54. The molecular formula is C17H23N5O3. The smallest absolute Gasteiger partial charge is 0.317 e. The van der Waals surface area contributed by atoms with Crippen LogP contribution in [-0.2, 0) is 11.2 Å². The number of amides is 3. The molecular weight excluding hydrogens is 322 g/mol. The Morgan fingerprint density at radius 1 is 1.44 bits per heavy atom. The molecule has 1 saturated heterocycles. The fourth-order valence-corrected chi connectivity index (χ4v) is 3.04. The number of imidazole rings is 1. The van der Waals surface area contributed by atoms with Gasteiger partial charge < -0.3 is 25.3 Å². The minimum Gasteiger partial charge on any atom is -0.497 e. The Hall–Kier alpha value is -2.77. The second-order valence-electron chi connectivity index (χ2n) is 6.18. The zero-order valence-corrected chi connectivity index (χ0v) is 14.5. The van der Waals surface area contributed by atoms with Crippen molar-refractivity contribution in [1.29, 1.82) is 0 Å². The largest absolute Gasteiger partial charge is 0.497 e. The molecule has 134 valence electrons. The third-order valence-electron chi connectivity index (χ3n) is 4.26. The first kappa shape index (κ1) is 17.1. The van der Waals surface area contributed by atoms with Gasteiger partial charge in [0.15, 0.2) is 0 Å². The number of ether oxygens (including phenoxy) is 1. The van der Waals surface area contributed by atoms with E-state index >= 15 is 0 Å². The van der Waals surface area contributed by atoms with Gasteiger partial charge in [-0.15, -0.1) is 0 Å². The third-order valence-corrected chi connectivity index (χ3v) is 4.26. The number of hydrogen-bond acceptors (Lipinski definition) is 4. The van der Waals surface area contributed by atoms with Crippen molar-refractivity contribution in [2.24, 2.45) is 0 Å². The number of H-pyrrole nitrogens is 1. The topological polar surface area (TPSA) is 99.3 Å². The van der Waals surface area contributed by atoms with E-state index in [1.165, 1.54) is 6.92 Å². The molecule has 0 radical (unpaired) electrons. The number of aromatic amines is 1. The summed E-state index contributed by atoms with van der Waals surface area (Å²) in [5, 5.41) is 5.75. The van der Waals surface area contributed by atoms with E-state index in [0.29, 0.717) is 26.1 Å². The molecule has 3 rings (SSSR count). The van der Waals surface area contributed by atoms with Gasteiger partial charge in [-0.2, -0.15) is 0 Å². The summed E-state index contributed by atoms with van der Waals surface area (Å²) in [6.07, 6.45) is 1.41. The van der Waals surface area contributed by atoms with Crippen LogP contribution in [0.1, 0.15) is 19.2 Å². The molecule has 0 aliphatic carbocycles. The van der Waals surface area contributed by atoms with Crippen molar-refractivity contribution in [3.63, 3.8) is 0 Å². The number of aromatic nitrogens is 2. The summed E-state index contributed by atoms with van der Waals surface area (Å²) in [6.45, 7) is 3.19. The molecule has 1 aromatic carbocycles. The Bertz CT molecular complexity index is 773. The lowest BCUT2D eigenvalue weighted by Crippen LogP contribution is -2.42. The second kappa shape index (κ2) is 7.42. The maximum Gasteiger partial charge on any atom is 0.317 e. The van der Waals surface area contributed by atoms with Gasteiger partial charge in [0, 0.05) is 45.1 Å². The zero-order chi connectivity index (χ0) is 17.8. The molecule has 25 heavy (non-hydrogen) atoms. The molecule has 0 bridgehead atoms. The SMILES string of the molecule is COc1ccc2nc(CCNC(=O)N3CC[C@H](NC(C)=O)C3)[nH]c2c1. The molecule has 1 aliphatic rings. The van der Waals surface area contributed by atoms with E-state index in [1.807, 2.05) is 18.2 Å². The summed E-state index contributed by atoms with van der Waals surface area (Å²) >= 11 is 0. The summed E-state index contributed by atoms with van der Waals surface area (Å²) in [5.41, 5.74) is 1.79. The number of rotatable bonds is 5. The van der Waals surface area contributed by atoms with Gasteiger partial charge in [0.25, 0.3) is 0 Å². The van der Waals surface area contributed by atoms with Crippen LogP contribution in [0.4, 0.5) is 4.79 Å². The van der Waals surface area contributed by atoms with Crippen molar-refractivity contribution in [3.8, 4) is 5.75 Å². The normalized spacial score (nSPS) is 16.9. The Balaban J connectivity index is 1.48. The standard InChI is InChI=1S/C17H23N5O3/c1-11(23)19-12-6-8-22(10-12)17(24)18-7-5-16-20-14-4-3-13(25-2)9-15(14)21-16/h3-4,9,12H,5-8,10H2,1-2H3,(H,18,24)(H,19,23)(H,20,21)/t12-/m0/s1. The van der Waals surface area contributed by atoms with Crippen LogP contribution in [0, 0.1) is 0 Å². The highest BCUT2D eigenvalue weighted by Gasteiger charge is 2.26. The fraction of sp³-hybridized carbons (Fsp3) is 0.471. The molecule has 8 nitrogen and oxygen atoms in total. The van der Waals surface area contributed by atoms with Gasteiger partial charge in [0.05, 0.1) is 18.1 Å². The van der Waals surface area contributed by atoms with E-state index in [4.69, 9.17) is 4.74 Å². The van der Waals surface area contributed by atoms with Crippen LogP contribution in [-0.4, -0.2) is 59.6 Å². The number of fused-ring (bicyclic) bond motifs is 1. The number of hydrogen-bond donors (Lipinski definition) is 3. The summed E-state index contributed by atoms with van der Waals surface area (Å²) in [7, 11) is 1.63. The first-order valence-electron chi connectivity index (χ1n) is 8.37. The van der Waals surface area contributed by atoms with Gasteiger partial charge in [-0.25, -0.2) is 9.78 Å². The first-order chi connectivity index (χ1) is 12.0. The number of likely N-dealkylation sites (tertiary alicyclic amines) is 1. The number of methoxy groups -OCH3 is 1. The predicted octanol–water partition coefficient (Wildman–Crippen LogP) is 1.03. The van der Waals surface area contributed by atoms with Gasteiger partial charge in [0.2, 0.25) is 5.91 Å². The molecule has 0 unspecified atom stereocenters. The average Bonchev–Trinajstić information content (AvgIpc) is 3.19. The molecule has 1 aliphatic heterocycles. The zero-order valence-electron chi connectivity index (χ0n) is 14.5. The van der Waals surface area contributed by atoms with E-state index in [-0.39, 0.29) is 18.0 Å². The lowest BCUT2D eigenvalue weighted by Gasteiger charge is -2.17. The van der Waals surface area contributed by atoms with E-state index in [1.54, 1.807) is 12.0 Å². The van der Waals surface area contributed by atoms with Crippen LogP contribution in [0.2, 0.25) is 0 Å². The van der Waals surface area contributed by atoms with Gasteiger partial charge in [-0.05, 0) is 18.6 Å². The van der Waals surface area contributed by atoms with Crippen molar-refractivity contribution >= 4 is 23.0 Å². The van der Waals surface area contributed by atoms with E-state index in [2.05, 4.69) is 20.6 Å². The molecule has 1 fully saturated rings. The van der Waals surface area contributed by atoms with Crippen LogP contribution in [0.3, 0.4) is 0 Å². The van der Waals surface area contributed by atoms with E-state index < -0.39 is 0 Å². The summed E-state index contributed by atoms with van der Waals surface area (Å²) < 4.78 is 5.20. The average molecular weight is 345 g/mol. The van der Waals surface area contributed by atoms with Crippen molar-refractivity contribution in [2.75, 3.05) is 26.7 Å². The third kappa shape index (κ3) is 4.20. The van der Waals surface area contributed by atoms with Gasteiger partial charge in [0.1, 0.15) is 11.6 Å². The van der Waals surface area contributed by atoms with E-state index in [9.17, 15) is 9.59 Å². The Morgan fingerprint density at radius 2 is 2.28 bits per heavy atom. The Labute approximate surface area is 145 Å². The highest BCUT2D eigenvalue weighted by molar-refractivity contribution is 5.77. The molecule has 3 N–H and O–H groups in total. The molecule has 0 spiro atoms. The van der Waals surface area contributed by atoms with Crippen LogP contribution >= 0.6 is 0 Å². The van der Waals surface area contributed by atoms with Crippen molar-refractivity contribution in [2.45, 2.75) is 25.8 Å². The van der Waals surface area contributed by atoms with Crippen LogP contribution < -0.4 is 15.4 Å². The fourth-order valence-electron chi connectivity index (χ4n) is 3.04.